The third-order valence-corrected chi connectivity index (χ3v) is 4.95. The van der Waals surface area contributed by atoms with Crippen molar-refractivity contribution in [3.8, 4) is 0 Å². The van der Waals surface area contributed by atoms with E-state index in [2.05, 4.69) is 48.4 Å². The first kappa shape index (κ1) is 18.9. The first-order valence-electron chi connectivity index (χ1n) is 9.26. The Balaban J connectivity index is 1.77. The van der Waals surface area contributed by atoms with Gasteiger partial charge in [-0.15, -0.1) is 0 Å². The molecule has 2 aliphatic rings. The Bertz CT molecular complexity index is 656. The predicted molar refractivity (Wildman–Crippen MR) is 99.4 cm³/mol. The molecule has 0 bridgehead atoms. The van der Waals surface area contributed by atoms with Crippen molar-refractivity contribution in [2.45, 2.75) is 32.9 Å². The maximum atomic E-state index is 12.9. The maximum Gasteiger partial charge on any atom is 0.254 e. The minimum absolute atomic E-state index is 0.0131. The standard InChI is InChI=1S/C20H29N3O3/c1-19(2,3)13-22-17(24)16-12-23(11-15-7-5-4-6-8-15)14-20(16)18(25)21-9-10-26-20/h4-8,16H,9-14H2,1-3H3,(H,21,25)(H,22,24)/t16-,20-/m1/s1. The molecule has 2 heterocycles. The Morgan fingerprint density at radius 3 is 2.73 bits per heavy atom. The van der Waals surface area contributed by atoms with Crippen LogP contribution in [0.1, 0.15) is 26.3 Å². The van der Waals surface area contributed by atoms with Crippen LogP contribution in [0.2, 0.25) is 0 Å². The van der Waals surface area contributed by atoms with Gasteiger partial charge >= 0.3 is 0 Å². The van der Waals surface area contributed by atoms with Gasteiger partial charge in [-0.3, -0.25) is 14.5 Å². The van der Waals surface area contributed by atoms with Gasteiger partial charge in [0.25, 0.3) is 5.91 Å². The average Bonchev–Trinajstić information content (AvgIpc) is 2.95. The van der Waals surface area contributed by atoms with Crippen molar-refractivity contribution in [3.05, 3.63) is 35.9 Å². The highest BCUT2D eigenvalue weighted by atomic mass is 16.5. The van der Waals surface area contributed by atoms with Crippen molar-refractivity contribution in [3.63, 3.8) is 0 Å². The van der Waals surface area contributed by atoms with E-state index in [1.165, 1.54) is 0 Å². The van der Waals surface area contributed by atoms with Crippen LogP contribution in [0.4, 0.5) is 0 Å². The van der Waals surface area contributed by atoms with E-state index in [0.29, 0.717) is 39.3 Å². The number of hydrogen-bond donors (Lipinski definition) is 2. The second-order valence-corrected chi connectivity index (χ2v) is 8.48. The Morgan fingerprint density at radius 1 is 1.35 bits per heavy atom. The molecular formula is C20H29N3O3. The van der Waals surface area contributed by atoms with E-state index in [0.717, 1.165) is 5.56 Å². The van der Waals surface area contributed by atoms with Gasteiger partial charge in [0.15, 0.2) is 5.60 Å². The number of ether oxygens (including phenoxy) is 1. The minimum Gasteiger partial charge on any atom is -0.361 e. The van der Waals surface area contributed by atoms with Crippen molar-refractivity contribution in [1.82, 2.24) is 15.5 Å². The number of carbonyl (C=O) groups excluding carboxylic acids is 2. The van der Waals surface area contributed by atoms with Crippen LogP contribution >= 0.6 is 0 Å². The normalized spacial score (nSPS) is 26.7. The maximum absolute atomic E-state index is 12.9. The minimum atomic E-state index is -1.09. The van der Waals surface area contributed by atoms with Crippen LogP contribution in [0, 0.1) is 11.3 Å². The predicted octanol–water partition coefficient (Wildman–Crippen LogP) is 1.17. The summed E-state index contributed by atoms with van der Waals surface area (Å²) in [6.07, 6.45) is 0. The molecule has 2 fully saturated rings. The number of benzene rings is 1. The number of morpholine rings is 1. The first-order valence-corrected chi connectivity index (χ1v) is 9.26. The molecule has 2 N–H and O–H groups in total. The zero-order valence-electron chi connectivity index (χ0n) is 15.9. The number of hydrogen-bond acceptors (Lipinski definition) is 4. The molecule has 6 heteroatoms. The van der Waals surface area contributed by atoms with Crippen LogP contribution in [-0.4, -0.2) is 55.1 Å². The third-order valence-electron chi connectivity index (χ3n) is 4.95. The summed E-state index contributed by atoms with van der Waals surface area (Å²) in [5.41, 5.74) is 0.0603. The zero-order valence-corrected chi connectivity index (χ0v) is 15.9. The van der Waals surface area contributed by atoms with Gasteiger partial charge in [0.05, 0.1) is 12.5 Å². The highest BCUT2D eigenvalue weighted by Gasteiger charge is 2.57. The molecule has 1 spiro atoms. The molecule has 0 aliphatic carbocycles. The number of rotatable bonds is 4. The van der Waals surface area contributed by atoms with Gasteiger partial charge in [-0.05, 0) is 11.0 Å². The van der Waals surface area contributed by atoms with E-state index in [4.69, 9.17) is 4.74 Å². The Hall–Kier alpha value is -1.92. The average molecular weight is 359 g/mol. The van der Waals surface area contributed by atoms with Crippen LogP contribution in [0.5, 0.6) is 0 Å². The lowest BCUT2D eigenvalue weighted by atomic mass is 9.87. The third kappa shape index (κ3) is 4.07. The van der Waals surface area contributed by atoms with Gasteiger partial charge in [-0.2, -0.15) is 0 Å². The number of amides is 2. The van der Waals surface area contributed by atoms with E-state index in [-0.39, 0.29) is 17.2 Å². The molecule has 0 unspecified atom stereocenters. The van der Waals surface area contributed by atoms with Crippen LogP contribution in [0.3, 0.4) is 0 Å². The molecule has 1 aromatic carbocycles. The molecule has 26 heavy (non-hydrogen) atoms. The second kappa shape index (κ2) is 7.37. The number of nitrogens with one attached hydrogen (secondary N) is 2. The highest BCUT2D eigenvalue weighted by Crippen LogP contribution is 2.34. The first-order chi connectivity index (χ1) is 12.3. The lowest BCUT2D eigenvalue weighted by Gasteiger charge is -2.36. The van der Waals surface area contributed by atoms with Gasteiger partial charge < -0.3 is 15.4 Å². The fourth-order valence-corrected chi connectivity index (χ4v) is 3.63. The molecule has 2 amide bonds. The Morgan fingerprint density at radius 2 is 2.08 bits per heavy atom. The topological polar surface area (TPSA) is 70.7 Å². The van der Waals surface area contributed by atoms with E-state index >= 15 is 0 Å². The summed E-state index contributed by atoms with van der Waals surface area (Å²) in [6, 6.07) is 10.1. The number of likely N-dealkylation sites (tertiary alicyclic amines) is 1. The van der Waals surface area contributed by atoms with Crippen molar-refractivity contribution in [2.75, 3.05) is 32.8 Å². The Kier molecular flexibility index (Phi) is 5.34. The fourth-order valence-electron chi connectivity index (χ4n) is 3.63. The van der Waals surface area contributed by atoms with Gasteiger partial charge in [-0.25, -0.2) is 0 Å². The van der Waals surface area contributed by atoms with Crippen LogP contribution in [-0.2, 0) is 20.9 Å². The molecule has 6 nitrogen and oxygen atoms in total. The summed E-state index contributed by atoms with van der Waals surface area (Å²) in [4.78, 5) is 27.7. The molecule has 0 saturated carbocycles. The van der Waals surface area contributed by atoms with Crippen molar-refractivity contribution in [1.29, 1.82) is 0 Å². The van der Waals surface area contributed by atoms with Crippen molar-refractivity contribution in [2.24, 2.45) is 11.3 Å². The molecule has 0 aromatic heterocycles. The summed E-state index contributed by atoms with van der Waals surface area (Å²) in [5, 5.41) is 5.90. The highest BCUT2D eigenvalue weighted by molar-refractivity contribution is 5.94. The quantitative estimate of drug-likeness (QED) is 0.847. The molecule has 3 rings (SSSR count). The van der Waals surface area contributed by atoms with Crippen LogP contribution in [0.15, 0.2) is 30.3 Å². The Labute approximate surface area is 155 Å². The largest absolute Gasteiger partial charge is 0.361 e. The van der Waals surface area contributed by atoms with Gasteiger partial charge in [0, 0.05) is 32.7 Å². The summed E-state index contributed by atoms with van der Waals surface area (Å²) in [6.45, 7) is 9.36. The lowest BCUT2D eigenvalue weighted by Crippen LogP contribution is -2.62. The van der Waals surface area contributed by atoms with Gasteiger partial charge in [0.2, 0.25) is 5.91 Å². The van der Waals surface area contributed by atoms with E-state index in [1.54, 1.807) is 0 Å². The number of nitrogens with zero attached hydrogens (tertiary/aromatic N) is 1. The molecule has 1 aromatic rings. The van der Waals surface area contributed by atoms with Gasteiger partial charge in [-0.1, -0.05) is 51.1 Å². The van der Waals surface area contributed by atoms with Crippen LogP contribution in [0.25, 0.3) is 0 Å². The summed E-state index contributed by atoms with van der Waals surface area (Å²) in [5.74, 6) is -0.781. The molecule has 2 atom stereocenters. The molecular weight excluding hydrogens is 330 g/mol. The number of carbonyl (C=O) groups is 2. The SMILES string of the molecule is CC(C)(C)CNC(=O)[C@H]1CN(Cc2ccccc2)C[C@@]12OCCNC2=O. The monoisotopic (exact) mass is 359 g/mol. The van der Waals surface area contributed by atoms with E-state index < -0.39 is 11.5 Å². The summed E-state index contributed by atoms with van der Waals surface area (Å²) < 4.78 is 5.96. The summed E-state index contributed by atoms with van der Waals surface area (Å²) in [7, 11) is 0. The zero-order chi connectivity index (χ0) is 18.8. The fraction of sp³-hybridized carbons (Fsp3) is 0.600. The second-order valence-electron chi connectivity index (χ2n) is 8.48. The molecule has 0 radical (unpaired) electrons. The van der Waals surface area contributed by atoms with Gasteiger partial charge in [0.1, 0.15) is 0 Å². The molecule has 2 aliphatic heterocycles. The molecule has 142 valence electrons. The van der Waals surface area contributed by atoms with Crippen molar-refractivity contribution >= 4 is 11.8 Å². The van der Waals surface area contributed by atoms with Crippen LogP contribution < -0.4 is 10.6 Å². The van der Waals surface area contributed by atoms with Crippen molar-refractivity contribution < 1.29 is 14.3 Å². The molecule has 2 saturated heterocycles. The smallest absolute Gasteiger partial charge is 0.254 e. The van der Waals surface area contributed by atoms with E-state index in [9.17, 15) is 9.59 Å². The van der Waals surface area contributed by atoms with E-state index in [1.807, 2.05) is 18.2 Å². The summed E-state index contributed by atoms with van der Waals surface area (Å²) >= 11 is 0. The lowest BCUT2D eigenvalue weighted by molar-refractivity contribution is -0.163.